The quantitative estimate of drug-likeness (QED) is 0.600. The second-order valence-electron chi connectivity index (χ2n) is 6.75. The van der Waals surface area contributed by atoms with Crippen LogP contribution >= 0.6 is 0 Å². The van der Waals surface area contributed by atoms with Crippen LogP contribution in [-0.4, -0.2) is 25.0 Å². The molecule has 3 rings (SSSR count). The van der Waals surface area contributed by atoms with Gasteiger partial charge in [0.15, 0.2) is 17.6 Å². The normalized spacial score (nSPS) is 11.3. The Hall–Kier alpha value is -3.80. The molecule has 0 radical (unpaired) electrons. The number of anilines is 2. The second kappa shape index (κ2) is 9.60. The molecule has 0 aliphatic carbocycles. The van der Waals surface area contributed by atoms with Crippen LogP contribution < -0.4 is 20.1 Å². The molecule has 0 spiro atoms. The summed E-state index contributed by atoms with van der Waals surface area (Å²) in [6.07, 6.45) is -0.721. The fourth-order valence-corrected chi connectivity index (χ4v) is 2.87. The minimum absolute atomic E-state index is 0.177. The van der Waals surface area contributed by atoms with Gasteiger partial charge in [0.1, 0.15) is 0 Å². The molecule has 0 aliphatic heterocycles. The molecule has 6 nitrogen and oxygen atoms in total. The number of benzene rings is 3. The number of carbonyl (C=O) groups is 2. The highest BCUT2D eigenvalue weighted by atomic mass is 16.5. The summed E-state index contributed by atoms with van der Waals surface area (Å²) in [4.78, 5) is 24.9. The average molecular weight is 404 g/mol. The standard InChI is InChI=1S/C24H24N2O4/c1-16-8-4-5-9-20(16)24(28)26-19-14-12-18(13-15-19)25-23(27)17(2)30-22-11-7-6-10-21(22)29-3/h4-15,17H,1-3H3,(H,25,27)(H,26,28). The van der Waals surface area contributed by atoms with Gasteiger partial charge in [0.25, 0.3) is 11.8 Å². The molecular weight excluding hydrogens is 380 g/mol. The molecule has 1 atom stereocenters. The maximum absolute atomic E-state index is 12.5. The van der Waals surface area contributed by atoms with Crippen LogP contribution in [0.2, 0.25) is 0 Å². The van der Waals surface area contributed by atoms with E-state index < -0.39 is 6.10 Å². The van der Waals surface area contributed by atoms with Gasteiger partial charge in [0.05, 0.1) is 7.11 Å². The first-order valence-corrected chi connectivity index (χ1v) is 9.55. The Morgan fingerprint density at radius 2 is 1.37 bits per heavy atom. The molecule has 6 heteroatoms. The summed E-state index contributed by atoms with van der Waals surface area (Å²) in [6.45, 7) is 3.56. The third-order valence-electron chi connectivity index (χ3n) is 4.54. The zero-order valence-electron chi connectivity index (χ0n) is 17.1. The Morgan fingerprint density at radius 1 is 0.800 bits per heavy atom. The van der Waals surface area contributed by atoms with Gasteiger partial charge in [-0.2, -0.15) is 0 Å². The SMILES string of the molecule is COc1ccccc1OC(C)C(=O)Nc1ccc(NC(=O)c2ccccc2C)cc1. The van der Waals surface area contributed by atoms with Crippen LogP contribution in [0.4, 0.5) is 11.4 Å². The van der Waals surface area contributed by atoms with Gasteiger partial charge in [-0.3, -0.25) is 9.59 Å². The first kappa shape index (κ1) is 20.9. The Kier molecular flexibility index (Phi) is 6.70. The van der Waals surface area contributed by atoms with E-state index in [1.807, 2.05) is 37.3 Å². The van der Waals surface area contributed by atoms with Crippen molar-refractivity contribution < 1.29 is 19.1 Å². The van der Waals surface area contributed by atoms with Gasteiger partial charge in [-0.1, -0.05) is 30.3 Å². The van der Waals surface area contributed by atoms with Crippen LogP contribution in [-0.2, 0) is 4.79 Å². The molecule has 154 valence electrons. The van der Waals surface area contributed by atoms with Crippen LogP contribution in [0.3, 0.4) is 0 Å². The lowest BCUT2D eigenvalue weighted by molar-refractivity contribution is -0.122. The summed E-state index contributed by atoms with van der Waals surface area (Å²) in [5.74, 6) is 0.587. The van der Waals surface area contributed by atoms with E-state index in [9.17, 15) is 9.59 Å². The van der Waals surface area contributed by atoms with E-state index in [2.05, 4.69) is 10.6 Å². The Morgan fingerprint density at radius 3 is 2.00 bits per heavy atom. The summed E-state index contributed by atoms with van der Waals surface area (Å²) < 4.78 is 11.0. The number of ether oxygens (including phenoxy) is 2. The highest BCUT2D eigenvalue weighted by molar-refractivity contribution is 6.05. The van der Waals surface area contributed by atoms with Crippen LogP contribution in [0.15, 0.2) is 72.8 Å². The van der Waals surface area contributed by atoms with Crippen LogP contribution in [0, 0.1) is 6.92 Å². The fraction of sp³-hybridized carbons (Fsp3) is 0.167. The van der Waals surface area contributed by atoms with Gasteiger partial charge in [-0.05, 0) is 61.9 Å². The van der Waals surface area contributed by atoms with E-state index in [1.54, 1.807) is 56.5 Å². The molecule has 0 aliphatic rings. The lowest BCUT2D eigenvalue weighted by atomic mass is 10.1. The maximum atomic E-state index is 12.5. The molecule has 2 amide bonds. The van der Waals surface area contributed by atoms with Crippen LogP contribution in [0.5, 0.6) is 11.5 Å². The smallest absolute Gasteiger partial charge is 0.265 e. The zero-order valence-corrected chi connectivity index (χ0v) is 17.1. The number of nitrogens with one attached hydrogen (secondary N) is 2. The Labute approximate surface area is 175 Å². The van der Waals surface area contributed by atoms with Gasteiger partial charge in [-0.15, -0.1) is 0 Å². The number of carbonyl (C=O) groups excluding carboxylic acids is 2. The van der Waals surface area contributed by atoms with E-state index in [0.29, 0.717) is 28.4 Å². The molecule has 0 saturated heterocycles. The predicted molar refractivity (Wildman–Crippen MR) is 117 cm³/mol. The topological polar surface area (TPSA) is 76.7 Å². The second-order valence-corrected chi connectivity index (χ2v) is 6.75. The van der Waals surface area contributed by atoms with Gasteiger partial charge < -0.3 is 20.1 Å². The maximum Gasteiger partial charge on any atom is 0.265 e. The van der Waals surface area contributed by atoms with E-state index in [4.69, 9.17) is 9.47 Å². The largest absolute Gasteiger partial charge is 0.493 e. The fourth-order valence-electron chi connectivity index (χ4n) is 2.87. The molecular formula is C24H24N2O4. The predicted octanol–water partition coefficient (Wildman–Crippen LogP) is 4.66. The molecule has 30 heavy (non-hydrogen) atoms. The minimum Gasteiger partial charge on any atom is -0.493 e. The molecule has 3 aromatic rings. The molecule has 1 unspecified atom stereocenters. The number of hydrogen-bond acceptors (Lipinski definition) is 4. The monoisotopic (exact) mass is 404 g/mol. The number of amides is 2. The first-order valence-electron chi connectivity index (χ1n) is 9.55. The summed E-state index contributed by atoms with van der Waals surface area (Å²) in [6, 6.07) is 21.5. The summed E-state index contributed by atoms with van der Waals surface area (Å²) in [5, 5.41) is 5.66. The number of rotatable bonds is 7. The Balaban J connectivity index is 1.59. The number of methoxy groups -OCH3 is 1. The Bertz CT molecular complexity index is 1030. The molecule has 0 saturated carbocycles. The van der Waals surface area contributed by atoms with Gasteiger partial charge >= 0.3 is 0 Å². The number of para-hydroxylation sites is 2. The molecule has 0 fully saturated rings. The first-order chi connectivity index (χ1) is 14.5. The highest BCUT2D eigenvalue weighted by Crippen LogP contribution is 2.27. The average Bonchev–Trinajstić information content (AvgIpc) is 2.75. The van der Waals surface area contributed by atoms with Crippen molar-refractivity contribution in [3.63, 3.8) is 0 Å². The number of aryl methyl sites for hydroxylation is 1. The third kappa shape index (κ3) is 5.17. The van der Waals surface area contributed by atoms with Crippen molar-refractivity contribution in [1.82, 2.24) is 0 Å². The summed E-state index contributed by atoms with van der Waals surface area (Å²) >= 11 is 0. The van der Waals surface area contributed by atoms with Crippen molar-refractivity contribution in [2.45, 2.75) is 20.0 Å². The van der Waals surface area contributed by atoms with E-state index in [0.717, 1.165) is 5.56 Å². The van der Waals surface area contributed by atoms with Crippen molar-refractivity contribution in [2.24, 2.45) is 0 Å². The van der Waals surface area contributed by atoms with Gasteiger partial charge in [0, 0.05) is 16.9 Å². The van der Waals surface area contributed by atoms with Crippen molar-refractivity contribution in [2.75, 3.05) is 17.7 Å². The van der Waals surface area contributed by atoms with Crippen molar-refractivity contribution in [1.29, 1.82) is 0 Å². The minimum atomic E-state index is -0.721. The van der Waals surface area contributed by atoms with E-state index in [1.165, 1.54) is 0 Å². The molecule has 2 N–H and O–H groups in total. The van der Waals surface area contributed by atoms with E-state index >= 15 is 0 Å². The highest BCUT2D eigenvalue weighted by Gasteiger charge is 2.17. The molecule has 0 aromatic heterocycles. The number of hydrogen-bond donors (Lipinski definition) is 2. The summed E-state index contributed by atoms with van der Waals surface area (Å²) in [5.41, 5.74) is 2.77. The lowest BCUT2D eigenvalue weighted by Gasteiger charge is -2.16. The van der Waals surface area contributed by atoms with Crippen molar-refractivity contribution in [3.05, 3.63) is 83.9 Å². The molecule has 0 bridgehead atoms. The molecule has 3 aromatic carbocycles. The molecule has 0 heterocycles. The summed E-state index contributed by atoms with van der Waals surface area (Å²) in [7, 11) is 1.55. The zero-order chi connectivity index (χ0) is 21.5. The van der Waals surface area contributed by atoms with E-state index in [-0.39, 0.29) is 11.8 Å². The lowest BCUT2D eigenvalue weighted by Crippen LogP contribution is -2.30. The van der Waals surface area contributed by atoms with Crippen LogP contribution in [0.1, 0.15) is 22.8 Å². The van der Waals surface area contributed by atoms with Gasteiger partial charge in [0.2, 0.25) is 0 Å². The van der Waals surface area contributed by atoms with Gasteiger partial charge in [-0.25, -0.2) is 0 Å². The van der Waals surface area contributed by atoms with Crippen molar-refractivity contribution in [3.8, 4) is 11.5 Å². The third-order valence-corrected chi connectivity index (χ3v) is 4.54. The van der Waals surface area contributed by atoms with Crippen molar-refractivity contribution >= 4 is 23.2 Å². The van der Waals surface area contributed by atoms with Crippen LogP contribution in [0.25, 0.3) is 0 Å².